The molecular weight excluding hydrogens is 238 g/mol. The van der Waals surface area contributed by atoms with Gasteiger partial charge in [0.2, 0.25) is 0 Å². The van der Waals surface area contributed by atoms with Gasteiger partial charge in [0.15, 0.2) is 0 Å². The van der Waals surface area contributed by atoms with Crippen molar-refractivity contribution in [3.8, 4) is 5.75 Å². The Hall–Kier alpha value is -1.81. The Morgan fingerprint density at radius 3 is 3.11 bits per heavy atom. The second kappa shape index (κ2) is 5.05. The van der Waals surface area contributed by atoms with Crippen LogP contribution in [0.25, 0.3) is 0 Å². The van der Waals surface area contributed by atoms with Crippen LogP contribution in [0.5, 0.6) is 5.75 Å². The summed E-state index contributed by atoms with van der Waals surface area (Å²) >= 11 is 0. The lowest BCUT2D eigenvalue weighted by Gasteiger charge is -2.08. The highest BCUT2D eigenvalue weighted by molar-refractivity contribution is 5.39. The van der Waals surface area contributed by atoms with Gasteiger partial charge in [-0.25, -0.2) is 0 Å². The summed E-state index contributed by atoms with van der Waals surface area (Å²) in [5.41, 5.74) is 3.65. The predicted octanol–water partition coefficient (Wildman–Crippen LogP) is 2.09. The van der Waals surface area contributed by atoms with E-state index >= 15 is 0 Å². The second-order valence-corrected chi connectivity index (χ2v) is 5.04. The number of para-hydroxylation sites is 1. The molecule has 1 N–H and O–H groups in total. The molecule has 0 aliphatic carbocycles. The topological polar surface area (TPSA) is 39.1 Å². The van der Waals surface area contributed by atoms with E-state index in [1.54, 1.807) is 0 Å². The monoisotopic (exact) mass is 257 g/mol. The number of aromatic nitrogens is 2. The van der Waals surface area contributed by atoms with Crippen molar-refractivity contribution in [1.82, 2.24) is 15.1 Å². The van der Waals surface area contributed by atoms with Crippen LogP contribution < -0.4 is 10.1 Å². The molecule has 0 amide bonds. The molecule has 1 aliphatic heterocycles. The molecule has 19 heavy (non-hydrogen) atoms. The highest BCUT2D eigenvalue weighted by Crippen LogP contribution is 2.34. The fourth-order valence-electron chi connectivity index (χ4n) is 2.62. The van der Waals surface area contributed by atoms with Crippen molar-refractivity contribution in [2.45, 2.75) is 25.9 Å². The maximum absolute atomic E-state index is 5.71. The van der Waals surface area contributed by atoms with Gasteiger partial charge in [-0.05, 0) is 20.0 Å². The zero-order valence-corrected chi connectivity index (χ0v) is 11.4. The van der Waals surface area contributed by atoms with E-state index in [0.29, 0.717) is 5.92 Å². The Balaban J connectivity index is 1.78. The summed E-state index contributed by atoms with van der Waals surface area (Å²) in [5, 5.41) is 7.76. The molecule has 1 aliphatic rings. The van der Waals surface area contributed by atoms with Crippen LogP contribution in [0, 0.1) is 6.92 Å². The SMILES string of the molecule is CNCc1cn(CC2COc3ccccc32)nc1C. The number of hydrogen-bond acceptors (Lipinski definition) is 3. The molecule has 1 aromatic carbocycles. The summed E-state index contributed by atoms with van der Waals surface area (Å²) in [6.45, 7) is 4.55. The summed E-state index contributed by atoms with van der Waals surface area (Å²) < 4.78 is 7.75. The number of ether oxygens (including phenoxy) is 1. The number of aryl methyl sites for hydroxylation is 1. The third kappa shape index (κ3) is 2.36. The zero-order valence-electron chi connectivity index (χ0n) is 11.4. The number of hydrogen-bond donors (Lipinski definition) is 1. The van der Waals surface area contributed by atoms with Gasteiger partial charge in [-0.2, -0.15) is 5.10 Å². The normalized spacial score (nSPS) is 17.3. The molecule has 0 saturated heterocycles. The maximum Gasteiger partial charge on any atom is 0.122 e. The van der Waals surface area contributed by atoms with Crippen molar-refractivity contribution in [2.75, 3.05) is 13.7 Å². The fraction of sp³-hybridized carbons (Fsp3) is 0.400. The van der Waals surface area contributed by atoms with E-state index < -0.39 is 0 Å². The molecule has 0 spiro atoms. The molecule has 1 atom stereocenters. The van der Waals surface area contributed by atoms with E-state index in [1.807, 2.05) is 23.9 Å². The van der Waals surface area contributed by atoms with Crippen LogP contribution in [0.2, 0.25) is 0 Å². The van der Waals surface area contributed by atoms with Gasteiger partial charge in [0.05, 0.1) is 18.8 Å². The van der Waals surface area contributed by atoms with Crippen LogP contribution in [0.4, 0.5) is 0 Å². The van der Waals surface area contributed by atoms with E-state index in [1.165, 1.54) is 11.1 Å². The largest absolute Gasteiger partial charge is 0.493 e. The minimum atomic E-state index is 0.401. The first kappa shape index (κ1) is 12.2. The Labute approximate surface area is 113 Å². The van der Waals surface area contributed by atoms with Crippen molar-refractivity contribution in [3.05, 3.63) is 47.3 Å². The number of fused-ring (bicyclic) bond motifs is 1. The summed E-state index contributed by atoms with van der Waals surface area (Å²) in [4.78, 5) is 0. The Bertz CT molecular complexity index is 577. The van der Waals surface area contributed by atoms with Gasteiger partial charge in [0.25, 0.3) is 0 Å². The molecule has 0 bridgehead atoms. The Kier molecular flexibility index (Phi) is 3.25. The Morgan fingerprint density at radius 1 is 1.42 bits per heavy atom. The lowest BCUT2D eigenvalue weighted by Crippen LogP contribution is -2.11. The maximum atomic E-state index is 5.71. The Morgan fingerprint density at radius 2 is 2.26 bits per heavy atom. The molecule has 2 aromatic rings. The van der Waals surface area contributed by atoms with Gasteiger partial charge in [0.1, 0.15) is 5.75 Å². The van der Waals surface area contributed by atoms with Crippen LogP contribution in [0.1, 0.15) is 22.7 Å². The van der Waals surface area contributed by atoms with Crippen LogP contribution in [0.3, 0.4) is 0 Å². The summed E-state index contributed by atoms with van der Waals surface area (Å²) in [7, 11) is 1.96. The average Bonchev–Trinajstić information content (AvgIpc) is 2.96. The highest BCUT2D eigenvalue weighted by Gasteiger charge is 2.24. The van der Waals surface area contributed by atoms with Crippen molar-refractivity contribution in [2.24, 2.45) is 0 Å². The number of rotatable bonds is 4. The number of nitrogens with zero attached hydrogens (tertiary/aromatic N) is 2. The van der Waals surface area contributed by atoms with Gasteiger partial charge in [-0.1, -0.05) is 18.2 Å². The molecule has 4 nitrogen and oxygen atoms in total. The first-order valence-corrected chi connectivity index (χ1v) is 6.67. The standard InChI is InChI=1S/C15H19N3O/c1-11-12(7-16-2)8-18(17-11)9-13-10-19-15-6-4-3-5-14(13)15/h3-6,8,13,16H,7,9-10H2,1-2H3. The molecule has 0 fully saturated rings. The lowest BCUT2D eigenvalue weighted by atomic mass is 10.0. The van der Waals surface area contributed by atoms with Crippen molar-refractivity contribution in [1.29, 1.82) is 0 Å². The van der Waals surface area contributed by atoms with E-state index in [2.05, 4.69) is 35.7 Å². The smallest absolute Gasteiger partial charge is 0.122 e. The third-order valence-electron chi connectivity index (χ3n) is 3.62. The quantitative estimate of drug-likeness (QED) is 0.911. The van der Waals surface area contributed by atoms with Crippen molar-refractivity contribution < 1.29 is 4.74 Å². The molecule has 2 heterocycles. The molecule has 0 radical (unpaired) electrons. The van der Waals surface area contributed by atoms with Gasteiger partial charge >= 0.3 is 0 Å². The lowest BCUT2D eigenvalue weighted by molar-refractivity contribution is 0.315. The minimum absolute atomic E-state index is 0.401. The van der Waals surface area contributed by atoms with Gasteiger partial charge < -0.3 is 10.1 Å². The predicted molar refractivity (Wildman–Crippen MR) is 74.4 cm³/mol. The molecule has 4 heteroatoms. The van der Waals surface area contributed by atoms with Gasteiger partial charge in [-0.3, -0.25) is 4.68 Å². The van der Waals surface area contributed by atoms with Crippen molar-refractivity contribution >= 4 is 0 Å². The summed E-state index contributed by atoms with van der Waals surface area (Å²) in [6.07, 6.45) is 2.13. The number of benzene rings is 1. The average molecular weight is 257 g/mol. The molecule has 1 unspecified atom stereocenters. The molecular formula is C15H19N3O. The van der Waals surface area contributed by atoms with Crippen LogP contribution in [-0.2, 0) is 13.1 Å². The van der Waals surface area contributed by atoms with E-state index in [4.69, 9.17) is 4.74 Å². The number of nitrogens with one attached hydrogen (secondary N) is 1. The fourth-order valence-corrected chi connectivity index (χ4v) is 2.62. The molecule has 1 aromatic heterocycles. The van der Waals surface area contributed by atoms with Gasteiger partial charge in [-0.15, -0.1) is 0 Å². The molecule has 3 rings (SSSR count). The van der Waals surface area contributed by atoms with Crippen LogP contribution in [0.15, 0.2) is 30.5 Å². The van der Waals surface area contributed by atoms with E-state index in [9.17, 15) is 0 Å². The van der Waals surface area contributed by atoms with Gasteiger partial charge in [0, 0.05) is 29.8 Å². The second-order valence-electron chi connectivity index (χ2n) is 5.04. The third-order valence-corrected chi connectivity index (χ3v) is 3.62. The minimum Gasteiger partial charge on any atom is -0.493 e. The molecule has 100 valence electrons. The molecule has 0 saturated carbocycles. The first-order chi connectivity index (χ1) is 9.28. The summed E-state index contributed by atoms with van der Waals surface area (Å²) in [6, 6.07) is 8.28. The van der Waals surface area contributed by atoms with Crippen LogP contribution >= 0.6 is 0 Å². The zero-order chi connectivity index (χ0) is 13.2. The van der Waals surface area contributed by atoms with E-state index in [0.717, 1.165) is 31.1 Å². The van der Waals surface area contributed by atoms with Crippen LogP contribution in [-0.4, -0.2) is 23.4 Å². The summed E-state index contributed by atoms with van der Waals surface area (Å²) in [5.74, 6) is 1.42. The van der Waals surface area contributed by atoms with E-state index in [-0.39, 0.29) is 0 Å². The highest BCUT2D eigenvalue weighted by atomic mass is 16.5. The first-order valence-electron chi connectivity index (χ1n) is 6.67. The van der Waals surface area contributed by atoms with Crippen molar-refractivity contribution in [3.63, 3.8) is 0 Å².